The van der Waals surface area contributed by atoms with Gasteiger partial charge in [0, 0.05) is 66.8 Å². The van der Waals surface area contributed by atoms with Crippen molar-refractivity contribution in [2.75, 3.05) is 32.7 Å². The van der Waals surface area contributed by atoms with E-state index in [9.17, 15) is 9.18 Å². The van der Waals surface area contributed by atoms with Gasteiger partial charge in [0.15, 0.2) is 0 Å². The molecule has 1 saturated heterocycles. The van der Waals surface area contributed by atoms with Gasteiger partial charge in [0.05, 0.1) is 5.52 Å². The molecule has 0 spiro atoms. The van der Waals surface area contributed by atoms with E-state index >= 15 is 0 Å². The summed E-state index contributed by atoms with van der Waals surface area (Å²) in [5.41, 5.74) is 3.70. The summed E-state index contributed by atoms with van der Waals surface area (Å²) in [6.07, 6.45) is 5.23. The van der Waals surface area contributed by atoms with Gasteiger partial charge in [-0.25, -0.2) is 14.4 Å². The van der Waals surface area contributed by atoms with Crippen molar-refractivity contribution >= 4 is 16.8 Å². The number of rotatable bonds is 4. The number of piperazine rings is 1. The Morgan fingerprint density at radius 1 is 1.03 bits per heavy atom. The Morgan fingerprint density at radius 3 is 2.45 bits per heavy atom. The Kier molecular flexibility index (Phi) is 5.64. The highest BCUT2D eigenvalue weighted by atomic mass is 19.1. The zero-order valence-electron chi connectivity index (χ0n) is 18.8. The number of carbonyl (C=O) groups excluding carboxylic acids is 1. The molecule has 6 nitrogen and oxygen atoms in total. The van der Waals surface area contributed by atoms with Crippen LogP contribution in [-0.2, 0) is 0 Å². The predicted octanol–water partition coefficient (Wildman–Crippen LogP) is 4.31. The molecule has 33 heavy (non-hydrogen) atoms. The van der Waals surface area contributed by atoms with E-state index in [2.05, 4.69) is 21.8 Å². The summed E-state index contributed by atoms with van der Waals surface area (Å²) >= 11 is 0. The molecule has 3 heterocycles. The van der Waals surface area contributed by atoms with Crippen LogP contribution < -0.4 is 0 Å². The molecule has 0 unspecified atom stereocenters. The van der Waals surface area contributed by atoms with E-state index in [1.807, 2.05) is 40.8 Å². The summed E-state index contributed by atoms with van der Waals surface area (Å²) in [5, 5.41) is 1.05. The first-order chi connectivity index (χ1) is 16.0. The van der Waals surface area contributed by atoms with Crippen molar-refractivity contribution in [3.8, 4) is 17.1 Å². The second-order valence-electron chi connectivity index (χ2n) is 8.39. The zero-order chi connectivity index (χ0) is 22.9. The number of halogens is 1. The molecule has 7 heteroatoms. The van der Waals surface area contributed by atoms with E-state index in [-0.39, 0.29) is 11.7 Å². The minimum Gasteiger partial charge on any atom is -0.336 e. The lowest BCUT2D eigenvalue weighted by atomic mass is 10.1. The molecule has 0 N–H and O–H groups in total. The number of carbonyl (C=O) groups is 1. The molecule has 2 aromatic carbocycles. The highest BCUT2D eigenvalue weighted by Crippen LogP contribution is 2.26. The van der Waals surface area contributed by atoms with Crippen molar-refractivity contribution in [3.05, 3.63) is 78.0 Å². The van der Waals surface area contributed by atoms with E-state index in [0.717, 1.165) is 49.2 Å². The van der Waals surface area contributed by atoms with Gasteiger partial charge in [-0.2, -0.15) is 0 Å². The number of likely N-dealkylation sites (N-methyl/N-ethyl adjacent to an activating group) is 1. The van der Waals surface area contributed by atoms with Crippen molar-refractivity contribution in [1.29, 1.82) is 0 Å². The number of benzene rings is 2. The topological polar surface area (TPSA) is 54.3 Å². The van der Waals surface area contributed by atoms with Crippen LogP contribution in [0.15, 0.2) is 61.1 Å². The number of amides is 1. The average Bonchev–Trinajstić information content (AvgIpc) is 3.20. The summed E-state index contributed by atoms with van der Waals surface area (Å²) in [6.45, 7) is 8.47. The maximum absolute atomic E-state index is 14.1. The Morgan fingerprint density at radius 2 is 1.76 bits per heavy atom. The second kappa shape index (κ2) is 8.75. The number of nitrogens with zero attached hydrogens (tertiary/aromatic N) is 5. The van der Waals surface area contributed by atoms with Crippen LogP contribution in [0.3, 0.4) is 0 Å². The molecule has 0 bridgehead atoms. The van der Waals surface area contributed by atoms with Crippen molar-refractivity contribution in [2.45, 2.75) is 13.8 Å². The minimum absolute atomic E-state index is 0.0499. The summed E-state index contributed by atoms with van der Waals surface area (Å²) in [5.74, 6) is 0.224. The molecule has 4 aromatic rings. The normalized spacial score (nSPS) is 14.7. The number of hydrogen-bond donors (Lipinski definition) is 0. The molecule has 0 aliphatic carbocycles. The molecular formula is C26H26FN5O. The molecule has 1 aliphatic rings. The van der Waals surface area contributed by atoms with Gasteiger partial charge in [-0.3, -0.25) is 9.36 Å². The third-order valence-corrected chi connectivity index (χ3v) is 6.40. The Bertz CT molecular complexity index is 1310. The molecule has 5 rings (SSSR count). The molecular weight excluding hydrogens is 417 g/mol. The van der Waals surface area contributed by atoms with Gasteiger partial charge in [0.1, 0.15) is 5.82 Å². The fourth-order valence-corrected chi connectivity index (χ4v) is 4.43. The molecule has 168 valence electrons. The van der Waals surface area contributed by atoms with Crippen LogP contribution in [0.5, 0.6) is 0 Å². The van der Waals surface area contributed by atoms with Crippen molar-refractivity contribution in [1.82, 2.24) is 24.3 Å². The molecule has 1 aliphatic heterocycles. The van der Waals surface area contributed by atoms with Gasteiger partial charge in [-0.05, 0) is 37.2 Å². The smallest absolute Gasteiger partial charge is 0.254 e. The van der Waals surface area contributed by atoms with Gasteiger partial charge in [-0.15, -0.1) is 0 Å². The van der Waals surface area contributed by atoms with Crippen LogP contribution >= 0.6 is 0 Å². The maximum Gasteiger partial charge on any atom is 0.254 e. The lowest BCUT2D eigenvalue weighted by Gasteiger charge is -2.34. The third kappa shape index (κ3) is 4.00. The monoisotopic (exact) mass is 443 g/mol. The molecule has 1 fully saturated rings. The lowest BCUT2D eigenvalue weighted by molar-refractivity contribution is 0.0643. The van der Waals surface area contributed by atoms with Gasteiger partial charge in [0.2, 0.25) is 5.95 Å². The van der Waals surface area contributed by atoms with E-state index in [4.69, 9.17) is 0 Å². The molecule has 1 amide bonds. The van der Waals surface area contributed by atoms with Gasteiger partial charge in [0.25, 0.3) is 5.91 Å². The Labute approximate surface area is 192 Å². The van der Waals surface area contributed by atoms with Crippen molar-refractivity contribution in [3.63, 3.8) is 0 Å². The fraction of sp³-hybridized carbons (Fsp3) is 0.269. The third-order valence-electron chi connectivity index (χ3n) is 6.40. The SMILES string of the molecule is CCN1CCN(C(=O)c2ccc3c(C)cn(-c4ncc(-c5ccccc5F)cn4)c3c2)CC1. The number of hydrogen-bond acceptors (Lipinski definition) is 4. The van der Waals surface area contributed by atoms with Crippen molar-refractivity contribution in [2.24, 2.45) is 0 Å². The van der Waals surface area contributed by atoms with Crippen LogP contribution in [0.1, 0.15) is 22.8 Å². The number of fused-ring (bicyclic) bond motifs is 1. The summed E-state index contributed by atoms with van der Waals surface area (Å²) in [4.78, 5) is 26.4. The lowest BCUT2D eigenvalue weighted by Crippen LogP contribution is -2.48. The van der Waals surface area contributed by atoms with Crippen LogP contribution in [0, 0.1) is 12.7 Å². The molecule has 2 aromatic heterocycles. The summed E-state index contributed by atoms with van der Waals surface area (Å²) < 4.78 is 16.0. The van der Waals surface area contributed by atoms with Crippen molar-refractivity contribution < 1.29 is 9.18 Å². The van der Waals surface area contributed by atoms with Gasteiger partial charge >= 0.3 is 0 Å². The second-order valence-corrected chi connectivity index (χ2v) is 8.39. The molecule has 0 atom stereocenters. The maximum atomic E-state index is 14.1. The first-order valence-corrected chi connectivity index (χ1v) is 11.3. The highest BCUT2D eigenvalue weighted by molar-refractivity contribution is 5.99. The standard InChI is InChI=1S/C26H26FN5O/c1-3-30-10-12-31(13-11-30)25(33)19-8-9-21-18(2)17-32(24(21)14-19)26-28-15-20(16-29-26)22-6-4-5-7-23(22)27/h4-9,14-17H,3,10-13H2,1-2H3. The fourth-order valence-electron chi connectivity index (χ4n) is 4.43. The zero-order valence-corrected chi connectivity index (χ0v) is 18.8. The predicted molar refractivity (Wildman–Crippen MR) is 127 cm³/mol. The largest absolute Gasteiger partial charge is 0.336 e. The van der Waals surface area contributed by atoms with Crippen LogP contribution in [0.2, 0.25) is 0 Å². The molecule has 0 radical (unpaired) electrons. The van der Waals surface area contributed by atoms with Crippen LogP contribution in [0.4, 0.5) is 4.39 Å². The van der Waals surface area contributed by atoms with E-state index in [1.54, 1.807) is 30.6 Å². The van der Waals surface area contributed by atoms with E-state index in [0.29, 0.717) is 22.6 Å². The summed E-state index contributed by atoms with van der Waals surface area (Å²) in [6, 6.07) is 12.4. The number of aromatic nitrogens is 3. The van der Waals surface area contributed by atoms with E-state index < -0.39 is 0 Å². The van der Waals surface area contributed by atoms with Gasteiger partial charge in [-0.1, -0.05) is 31.2 Å². The van der Waals surface area contributed by atoms with Gasteiger partial charge < -0.3 is 9.80 Å². The van der Waals surface area contributed by atoms with E-state index in [1.165, 1.54) is 6.07 Å². The highest BCUT2D eigenvalue weighted by Gasteiger charge is 2.22. The first kappa shape index (κ1) is 21.3. The Hall–Kier alpha value is -3.58. The van der Waals surface area contributed by atoms with Crippen LogP contribution in [0.25, 0.3) is 28.0 Å². The quantitative estimate of drug-likeness (QED) is 0.472. The Balaban J connectivity index is 1.47. The number of aryl methyl sites for hydroxylation is 1. The molecule has 0 saturated carbocycles. The first-order valence-electron chi connectivity index (χ1n) is 11.3. The minimum atomic E-state index is -0.306. The van der Waals surface area contributed by atoms with Crippen LogP contribution in [-0.4, -0.2) is 63.0 Å². The summed E-state index contributed by atoms with van der Waals surface area (Å²) in [7, 11) is 0. The average molecular weight is 444 g/mol.